The Balaban J connectivity index is 1.68. The number of hydrogen-bond acceptors (Lipinski definition) is 5. The van der Waals surface area contributed by atoms with E-state index in [0.717, 1.165) is 5.69 Å². The average Bonchev–Trinajstić information content (AvgIpc) is 2.68. The van der Waals surface area contributed by atoms with E-state index in [-0.39, 0.29) is 23.5 Å². The Kier molecular flexibility index (Phi) is 6.80. The molecule has 32 heavy (non-hydrogen) atoms. The fraction of sp³-hybridized carbons (Fsp3) is 0.435. The molecule has 1 heterocycles. The molecule has 9 heteroatoms. The first-order valence-electron chi connectivity index (χ1n) is 10.5. The van der Waals surface area contributed by atoms with Crippen LogP contribution >= 0.6 is 0 Å². The Morgan fingerprint density at radius 3 is 2.19 bits per heavy atom. The second kappa shape index (κ2) is 9.07. The highest BCUT2D eigenvalue weighted by Gasteiger charge is 2.29. The van der Waals surface area contributed by atoms with E-state index in [1.807, 2.05) is 13.8 Å². The number of amides is 1. The smallest absolute Gasteiger partial charge is 0.255 e. The molecule has 0 aliphatic carbocycles. The van der Waals surface area contributed by atoms with Crippen LogP contribution in [0.2, 0.25) is 0 Å². The maximum Gasteiger partial charge on any atom is 0.255 e. The highest BCUT2D eigenvalue weighted by Crippen LogP contribution is 2.26. The fourth-order valence-electron chi connectivity index (χ4n) is 3.38. The summed E-state index contributed by atoms with van der Waals surface area (Å²) in [6.45, 7) is 10.1. The minimum atomic E-state index is -3.57. The molecule has 1 aliphatic rings. The van der Waals surface area contributed by atoms with E-state index in [0.29, 0.717) is 18.8 Å². The number of rotatable bonds is 5. The molecule has 3 rings (SSSR count). The molecule has 7 nitrogen and oxygen atoms in total. The number of morpholine rings is 1. The summed E-state index contributed by atoms with van der Waals surface area (Å²) in [6, 6.07) is 10.7. The number of carbonyl (C=O) groups excluding carboxylic acids is 1. The summed E-state index contributed by atoms with van der Waals surface area (Å²) in [4.78, 5) is 14.6. The van der Waals surface area contributed by atoms with Crippen molar-refractivity contribution in [3.05, 3.63) is 53.8 Å². The largest absolute Gasteiger partial charge is 0.372 e. The van der Waals surface area contributed by atoms with Gasteiger partial charge in [-0.3, -0.25) is 9.52 Å². The third-order valence-corrected chi connectivity index (χ3v) is 7.31. The Hall–Kier alpha value is -2.65. The van der Waals surface area contributed by atoms with Crippen LogP contribution in [-0.2, 0) is 14.8 Å². The van der Waals surface area contributed by atoms with Gasteiger partial charge in [-0.05, 0) is 77.1 Å². The molecular formula is C23H30FN3O4S. The normalized spacial score (nSPS) is 19.5. The van der Waals surface area contributed by atoms with Crippen molar-refractivity contribution < 1.29 is 22.3 Å². The molecular weight excluding hydrogens is 433 g/mol. The van der Waals surface area contributed by atoms with Gasteiger partial charge in [0.05, 0.1) is 22.6 Å². The van der Waals surface area contributed by atoms with Crippen LogP contribution in [0.4, 0.5) is 21.5 Å². The quantitative estimate of drug-likeness (QED) is 0.693. The van der Waals surface area contributed by atoms with Gasteiger partial charge in [-0.15, -0.1) is 0 Å². The van der Waals surface area contributed by atoms with Gasteiger partial charge in [0.2, 0.25) is 10.0 Å². The lowest BCUT2D eigenvalue weighted by molar-refractivity contribution is -0.00523. The molecule has 2 atom stereocenters. The molecule has 1 saturated heterocycles. The molecule has 1 fully saturated rings. The van der Waals surface area contributed by atoms with Crippen molar-refractivity contribution in [2.45, 2.75) is 51.6 Å². The lowest BCUT2D eigenvalue weighted by Gasteiger charge is -2.37. The molecule has 0 unspecified atom stereocenters. The van der Waals surface area contributed by atoms with Gasteiger partial charge in [0, 0.05) is 30.0 Å². The molecule has 1 aliphatic heterocycles. The Morgan fingerprint density at radius 2 is 1.66 bits per heavy atom. The lowest BCUT2D eigenvalue weighted by Crippen LogP contribution is -2.45. The Labute approximate surface area is 189 Å². The zero-order valence-electron chi connectivity index (χ0n) is 19.0. The van der Waals surface area contributed by atoms with E-state index in [1.54, 1.807) is 32.9 Å². The number of ether oxygens (including phenoxy) is 1. The first kappa shape index (κ1) is 24.0. The molecule has 2 aromatic carbocycles. The van der Waals surface area contributed by atoms with Crippen LogP contribution in [0.3, 0.4) is 0 Å². The fourth-order valence-corrected chi connectivity index (χ4v) is 4.14. The molecule has 0 radical (unpaired) electrons. The van der Waals surface area contributed by atoms with Gasteiger partial charge in [-0.25, -0.2) is 12.8 Å². The predicted octanol–water partition coefficient (Wildman–Crippen LogP) is 4.23. The van der Waals surface area contributed by atoms with Gasteiger partial charge < -0.3 is 15.0 Å². The summed E-state index contributed by atoms with van der Waals surface area (Å²) in [5, 5.41) is 2.57. The van der Waals surface area contributed by atoms with E-state index >= 15 is 0 Å². The van der Waals surface area contributed by atoms with E-state index in [4.69, 9.17) is 4.74 Å². The van der Waals surface area contributed by atoms with E-state index in [9.17, 15) is 17.6 Å². The molecule has 0 saturated carbocycles. The average molecular weight is 464 g/mol. The van der Waals surface area contributed by atoms with Crippen LogP contribution in [0, 0.1) is 5.82 Å². The number of hydrogen-bond donors (Lipinski definition) is 2. The van der Waals surface area contributed by atoms with E-state index in [2.05, 4.69) is 14.9 Å². The lowest BCUT2D eigenvalue weighted by atomic mass is 10.1. The maximum atomic E-state index is 14.7. The van der Waals surface area contributed by atoms with Gasteiger partial charge in [0.25, 0.3) is 5.91 Å². The molecule has 0 bridgehead atoms. The molecule has 1 amide bonds. The van der Waals surface area contributed by atoms with Crippen LogP contribution in [0.15, 0.2) is 42.5 Å². The van der Waals surface area contributed by atoms with Gasteiger partial charge in [0.15, 0.2) is 0 Å². The number of nitrogens with zero attached hydrogens (tertiary/aromatic N) is 1. The second-order valence-corrected chi connectivity index (χ2v) is 11.5. The minimum absolute atomic E-state index is 0.0528. The summed E-state index contributed by atoms with van der Waals surface area (Å²) in [6.07, 6.45) is 0.106. The van der Waals surface area contributed by atoms with Crippen LogP contribution in [0.25, 0.3) is 0 Å². The SMILES string of the molecule is C[C@@H]1CN(c2ccc(NC(=O)c3ccc(NS(=O)(=O)C(C)(C)C)cc3)c(F)c2)C[C@H](C)O1. The summed E-state index contributed by atoms with van der Waals surface area (Å²) < 4.78 is 46.4. The molecule has 0 aromatic heterocycles. The highest BCUT2D eigenvalue weighted by molar-refractivity contribution is 7.94. The van der Waals surface area contributed by atoms with E-state index < -0.39 is 26.5 Å². The van der Waals surface area contributed by atoms with Crippen LogP contribution in [0.1, 0.15) is 45.0 Å². The van der Waals surface area contributed by atoms with Crippen molar-refractivity contribution in [3.63, 3.8) is 0 Å². The van der Waals surface area contributed by atoms with Crippen molar-refractivity contribution in [3.8, 4) is 0 Å². The third kappa shape index (κ3) is 5.58. The minimum Gasteiger partial charge on any atom is -0.372 e. The first-order valence-corrected chi connectivity index (χ1v) is 12.0. The van der Waals surface area contributed by atoms with Gasteiger partial charge >= 0.3 is 0 Å². The number of halogens is 1. The Morgan fingerprint density at radius 1 is 1.06 bits per heavy atom. The van der Waals surface area contributed by atoms with Crippen LogP contribution in [0.5, 0.6) is 0 Å². The van der Waals surface area contributed by atoms with Crippen molar-refractivity contribution in [1.29, 1.82) is 0 Å². The van der Waals surface area contributed by atoms with Crippen molar-refractivity contribution in [2.24, 2.45) is 0 Å². The topological polar surface area (TPSA) is 87.7 Å². The highest BCUT2D eigenvalue weighted by atomic mass is 32.2. The monoisotopic (exact) mass is 463 g/mol. The standard InChI is InChI=1S/C23H30FN3O4S/c1-15-13-27(14-16(2)31-15)19-10-11-21(20(24)12-19)25-22(28)17-6-8-18(9-7-17)26-32(29,30)23(3,4)5/h6-12,15-16,26H,13-14H2,1-5H3,(H,25,28)/t15-,16+. The second-order valence-electron chi connectivity index (χ2n) is 9.08. The molecule has 2 N–H and O–H groups in total. The third-order valence-electron chi connectivity index (χ3n) is 5.19. The maximum absolute atomic E-state index is 14.7. The van der Waals surface area contributed by atoms with E-state index in [1.165, 1.54) is 30.3 Å². The summed E-state index contributed by atoms with van der Waals surface area (Å²) in [5.41, 5.74) is 1.44. The zero-order chi connectivity index (χ0) is 23.7. The molecule has 174 valence electrons. The van der Waals surface area contributed by atoms with Gasteiger partial charge in [-0.2, -0.15) is 0 Å². The number of sulfonamides is 1. The summed E-state index contributed by atoms with van der Waals surface area (Å²) in [5.74, 6) is -1.02. The Bertz CT molecular complexity index is 1070. The summed E-state index contributed by atoms with van der Waals surface area (Å²) in [7, 11) is -3.57. The van der Waals surface area contributed by atoms with Crippen LogP contribution < -0.4 is 14.9 Å². The van der Waals surface area contributed by atoms with Gasteiger partial charge in [0.1, 0.15) is 5.82 Å². The first-order chi connectivity index (χ1) is 14.9. The van der Waals surface area contributed by atoms with Gasteiger partial charge in [-0.1, -0.05) is 0 Å². The number of benzene rings is 2. The number of anilines is 3. The summed E-state index contributed by atoms with van der Waals surface area (Å²) >= 11 is 0. The number of nitrogens with one attached hydrogen (secondary N) is 2. The molecule has 0 spiro atoms. The zero-order valence-corrected chi connectivity index (χ0v) is 19.8. The van der Waals surface area contributed by atoms with Crippen LogP contribution in [-0.4, -0.2) is 44.4 Å². The van der Waals surface area contributed by atoms with Crippen molar-refractivity contribution >= 4 is 33.0 Å². The number of carbonyl (C=O) groups is 1. The molecule has 2 aromatic rings. The van der Waals surface area contributed by atoms with Crippen molar-refractivity contribution in [2.75, 3.05) is 28.0 Å². The van der Waals surface area contributed by atoms with Crippen molar-refractivity contribution in [1.82, 2.24) is 0 Å². The predicted molar refractivity (Wildman–Crippen MR) is 125 cm³/mol.